The maximum absolute atomic E-state index is 9.20. The number of hydrogen-bond acceptors (Lipinski definition) is 5. The van der Waals surface area contributed by atoms with Crippen LogP contribution in [0.2, 0.25) is 0 Å². The predicted molar refractivity (Wildman–Crippen MR) is 72.3 cm³/mol. The summed E-state index contributed by atoms with van der Waals surface area (Å²) >= 11 is 1.57. The average molecular weight is 256 g/mol. The van der Waals surface area contributed by atoms with E-state index in [1.807, 2.05) is 12.1 Å². The summed E-state index contributed by atoms with van der Waals surface area (Å²) < 4.78 is 0. The van der Waals surface area contributed by atoms with Crippen molar-refractivity contribution in [3.63, 3.8) is 0 Å². The third kappa shape index (κ3) is 5.91. The molecule has 0 aromatic carbocycles. The van der Waals surface area contributed by atoms with Gasteiger partial charge in [-0.2, -0.15) is 11.8 Å². The van der Waals surface area contributed by atoms with Gasteiger partial charge in [0.1, 0.15) is 0 Å². The average Bonchev–Trinajstić information content (AvgIpc) is 2.36. The second kappa shape index (κ2) is 8.33. The summed E-state index contributed by atoms with van der Waals surface area (Å²) in [6.07, 6.45) is 2.24. The van der Waals surface area contributed by atoms with Crippen LogP contribution in [0.15, 0.2) is 18.3 Å². The van der Waals surface area contributed by atoms with Crippen LogP contribution >= 0.6 is 11.8 Å². The van der Waals surface area contributed by atoms with Gasteiger partial charge in [-0.1, -0.05) is 6.92 Å². The van der Waals surface area contributed by atoms with Crippen LogP contribution in [0.1, 0.15) is 19.0 Å². The lowest BCUT2D eigenvalue weighted by Gasteiger charge is -2.08. The standard InChI is InChI=1S/C12H20N2O2S/c1-2-4-13-10-3-5-14-11(6-10)8-17-9-12(16)7-15/h3,5-6,12,15-16H,2,4,7-9H2,1H3,(H,13,14). The molecule has 3 N–H and O–H groups in total. The van der Waals surface area contributed by atoms with Crippen molar-refractivity contribution in [3.05, 3.63) is 24.0 Å². The highest BCUT2D eigenvalue weighted by atomic mass is 32.2. The SMILES string of the molecule is CCCNc1ccnc(CSCC(O)CO)c1. The Morgan fingerprint density at radius 1 is 1.53 bits per heavy atom. The fraction of sp³-hybridized carbons (Fsp3) is 0.583. The normalized spacial score (nSPS) is 12.4. The van der Waals surface area contributed by atoms with E-state index < -0.39 is 6.10 Å². The summed E-state index contributed by atoms with van der Waals surface area (Å²) in [6.45, 7) is 2.90. The van der Waals surface area contributed by atoms with Crippen LogP contribution in [-0.4, -0.2) is 40.2 Å². The monoisotopic (exact) mass is 256 g/mol. The van der Waals surface area contributed by atoms with E-state index in [4.69, 9.17) is 5.11 Å². The van der Waals surface area contributed by atoms with Crippen LogP contribution in [0.5, 0.6) is 0 Å². The molecule has 1 aromatic heterocycles. The van der Waals surface area contributed by atoms with Gasteiger partial charge in [0, 0.05) is 29.9 Å². The van der Waals surface area contributed by atoms with Gasteiger partial charge in [-0.05, 0) is 18.6 Å². The summed E-state index contributed by atoms with van der Waals surface area (Å²) in [5.74, 6) is 1.28. The van der Waals surface area contributed by atoms with Gasteiger partial charge in [-0.25, -0.2) is 0 Å². The van der Waals surface area contributed by atoms with Gasteiger partial charge in [0.2, 0.25) is 0 Å². The first-order chi connectivity index (χ1) is 8.26. The Labute approximate surface area is 106 Å². The summed E-state index contributed by atoms with van der Waals surface area (Å²) in [5, 5.41) is 21.2. The topological polar surface area (TPSA) is 65.4 Å². The molecular weight excluding hydrogens is 236 g/mol. The quantitative estimate of drug-likeness (QED) is 0.657. The van der Waals surface area contributed by atoms with Crippen molar-refractivity contribution < 1.29 is 10.2 Å². The maximum Gasteiger partial charge on any atom is 0.0861 e. The molecule has 0 aliphatic heterocycles. The first kappa shape index (κ1) is 14.3. The van der Waals surface area contributed by atoms with Crippen LogP contribution in [-0.2, 0) is 5.75 Å². The summed E-state index contributed by atoms with van der Waals surface area (Å²) in [4.78, 5) is 4.27. The van der Waals surface area contributed by atoms with Crippen molar-refractivity contribution in [2.24, 2.45) is 0 Å². The molecule has 5 heteroatoms. The van der Waals surface area contributed by atoms with Crippen molar-refractivity contribution in [2.45, 2.75) is 25.2 Å². The fourth-order valence-electron chi connectivity index (χ4n) is 1.29. The van der Waals surface area contributed by atoms with E-state index in [2.05, 4.69) is 17.2 Å². The number of aliphatic hydroxyl groups excluding tert-OH is 2. The zero-order valence-corrected chi connectivity index (χ0v) is 10.9. The molecule has 1 rings (SSSR count). The number of nitrogens with zero attached hydrogens (tertiary/aromatic N) is 1. The van der Waals surface area contributed by atoms with E-state index >= 15 is 0 Å². The molecule has 4 nitrogen and oxygen atoms in total. The van der Waals surface area contributed by atoms with Gasteiger partial charge in [0.25, 0.3) is 0 Å². The Kier molecular flexibility index (Phi) is 7.00. The van der Waals surface area contributed by atoms with E-state index in [0.717, 1.165) is 30.1 Å². The van der Waals surface area contributed by atoms with Crippen molar-refractivity contribution in [2.75, 3.05) is 24.2 Å². The largest absolute Gasteiger partial charge is 0.394 e. The van der Waals surface area contributed by atoms with Crippen molar-refractivity contribution in [3.8, 4) is 0 Å². The molecule has 17 heavy (non-hydrogen) atoms. The molecule has 0 spiro atoms. The Bertz CT molecular complexity index is 323. The summed E-state index contributed by atoms with van der Waals surface area (Å²) in [6, 6.07) is 3.97. The van der Waals surface area contributed by atoms with Gasteiger partial charge < -0.3 is 15.5 Å². The van der Waals surface area contributed by atoms with Gasteiger partial charge in [0.15, 0.2) is 0 Å². The lowest BCUT2D eigenvalue weighted by Crippen LogP contribution is -2.14. The Morgan fingerprint density at radius 3 is 3.06 bits per heavy atom. The van der Waals surface area contributed by atoms with E-state index in [1.165, 1.54) is 0 Å². The van der Waals surface area contributed by atoms with Gasteiger partial charge in [0.05, 0.1) is 18.4 Å². The molecule has 0 amide bonds. The smallest absolute Gasteiger partial charge is 0.0861 e. The molecule has 1 aromatic rings. The number of nitrogens with one attached hydrogen (secondary N) is 1. The van der Waals surface area contributed by atoms with E-state index in [-0.39, 0.29) is 6.61 Å². The van der Waals surface area contributed by atoms with E-state index in [9.17, 15) is 5.11 Å². The first-order valence-corrected chi connectivity index (χ1v) is 6.97. The number of anilines is 1. The molecule has 1 unspecified atom stereocenters. The summed E-state index contributed by atoms with van der Waals surface area (Å²) in [5.41, 5.74) is 2.07. The highest BCUT2D eigenvalue weighted by molar-refractivity contribution is 7.98. The van der Waals surface area contributed by atoms with Crippen molar-refractivity contribution in [1.82, 2.24) is 4.98 Å². The van der Waals surface area contributed by atoms with Crippen LogP contribution in [0.3, 0.4) is 0 Å². The number of hydrogen-bond donors (Lipinski definition) is 3. The molecule has 0 aliphatic rings. The maximum atomic E-state index is 9.20. The third-order valence-corrected chi connectivity index (χ3v) is 3.29. The molecule has 96 valence electrons. The number of thioether (sulfide) groups is 1. The molecule has 0 aliphatic carbocycles. The van der Waals surface area contributed by atoms with Crippen LogP contribution in [0, 0.1) is 0 Å². The molecule has 0 radical (unpaired) electrons. The minimum absolute atomic E-state index is 0.182. The predicted octanol–water partition coefficient (Wildman–Crippen LogP) is 1.49. The highest BCUT2D eigenvalue weighted by Crippen LogP contribution is 2.15. The second-order valence-electron chi connectivity index (χ2n) is 3.81. The molecule has 0 bridgehead atoms. The summed E-state index contributed by atoms with van der Waals surface area (Å²) in [7, 11) is 0. The minimum Gasteiger partial charge on any atom is -0.394 e. The molecular formula is C12H20N2O2S. The lowest BCUT2D eigenvalue weighted by molar-refractivity contribution is 0.113. The molecule has 0 saturated heterocycles. The van der Waals surface area contributed by atoms with Crippen LogP contribution in [0.25, 0.3) is 0 Å². The zero-order chi connectivity index (χ0) is 12.5. The zero-order valence-electron chi connectivity index (χ0n) is 10.1. The number of aliphatic hydroxyl groups is 2. The van der Waals surface area contributed by atoms with Crippen molar-refractivity contribution in [1.29, 1.82) is 0 Å². The fourth-order valence-corrected chi connectivity index (χ4v) is 2.15. The molecule has 1 heterocycles. The third-order valence-electron chi connectivity index (χ3n) is 2.17. The number of rotatable bonds is 8. The Balaban J connectivity index is 2.37. The molecule has 1 atom stereocenters. The number of aromatic nitrogens is 1. The van der Waals surface area contributed by atoms with Gasteiger partial charge >= 0.3 is 0 Å². The van der Waals surface area contributed by atoms with Crippen LogP contribution in [0.4, 0.5) is 5.69 Å². The second-order valence-corrected chi connectivity index (χ2v) is 4.84. The van der Waals surface area contributed by atoms with Gasteiger partial charge in [-0.3, -0.25) is 4.98 Å². The van der Waals surface area contributed by atoms with Crippen LogP contribution < -0.4 is 5.32 Å². The Morgan fingerprint density at radius 2 is 2.35 bits per heavy atom. The van der Waals surface area contributed by atoms with Gasteiger partial charge in [-0.15, -0.1) is 0 Å². The Hall–Kier alpha value is -0.780. The minimum atomic E-state index is -0.638. The lowest BCUT2D eigenvalue weighted by atomic mass is 10.3. The molecule has 0 fully saturated rings. The first-order valence-electron chi connectivity index (χ1n) is 5.81. The highest BCUT2D eigenvalue weighted by Gasteiger charge is 2.03. The van der Waals surface area contributed by atoms with Crippen molar-refractivity contribution >= 4 is 17.4 Å². The van der Waals surface area contributed by atoms with E-state index in [0.29, 0.717) is 5.75 Å². The van der Waals surface area contributed by atoms with E-state index in [1.54, 1.807) is 18.0 Å². The molecule has 0 saturated carbocycles. The number of pyridine rings is 1.